The second-order valence-electron chi connectivity index (χ2n) is 5.06. The lowest BCUT2D eigenvalue weighted by molar-refractivity contribution is 0.989. The first-order chi connectivity index (χ1) is 9.84. The molecule has 0 saturated carbocycles. The fourth-order valence-corrected chi connectivity index (χ4v) is 2.93. The summed E-state index contributed by atoms with van der Waals surface area (Å²) in [5.74, 6) is 0.944. The Hall–Kier alpha value is -2.55. The van der Waals surface area contributed by atoms with Crippen LogP contribution in [0, 0.1) is 0 Å². The number of anilines is 2. The van der Waals surface area contributed by atoms with Gasteiger partial charge in [-0.05, 0) is 30.7 Å². The molecule has 0 fully saturated rings. The third kappa shape index (κ3) is 1.56. The van der Waals surface area contributed by atoms with Gasteiger partial charge in [-0.2, -0.15) is 0 Å². The van der Waals surface area contributed by atoms with Gasteiger partial charge in [-0.3, -0.25) is 4.79 Å². The molecule has 0 saturated heterocycles. The highest BCUT2D eigenvalue weighted by Crippen LogP contribution is 2.32. The molecular formula is C17H14N2O. The third-order valence-corrected chi connectivity index (χ3v) is 3.91. The SMILES string of the molecule is O=c1c2c([nH]c3ccccc13)N(c1ccccc1)CC2. The number of nitrogens with zero attached hydrogens (tertiary/aromatic N) is 1. The molecule has 2 aromatic carbocycles. The largest absolute Gasteiger partial charge is 0.341 e. The van der Waals surface area contributed by atoms with E-state index in [1.54, 1.807) is 0 Å². The van der Waals surface area contributed by atoms with Gasteiger partial charge in [-0.25, -0.2) is 0 Å². The second-order valence-corrected chi connectivity index (χ2v) is 5.06. The molecule has 98 valence electrons. The van der Waals surface area contributed by atoms with Gasteiger partial charge in [0.05, 0.1) is 5.52 Å². The van der Waals surface area contributed by atoms with Crippen molar-refractivity contribution in [3.63, 3.8) is 0 Å². The van der Waals surface area contributed by atoms with Gasteiger partial charge in [0.2, 0.25) is 0 Å². The number of hydrogen-bond acceptors (Lipinski definition) is 2. The van der Waals surface area contributed by atoms with Crippen molar-refractivity contribution in [2.45, 2.75) is 6.42 Å². The number of rotatable bonds is 1. The molecule has 20 heavy (non-hydrogen) atoms. The average molecular weight is 262 g/mol. The van der Waals surface area contributed by atoms with Crippen molar-refractivity contribution in [2.24, 2.45) is 0 Å². The smallest absolute Gasteiger partial charge is 0.194 e. The summed E-state index contributed by atoms with van der Waals surface area (Å²) in [7, 11) is 0. The zero-order chi connectivity index (χ0) is 13.5. The van der Waals surface area contributed by atoms with Crippen molar-refractivity contribution >= 4 is 22.4 Å². The van der Waals surface area contributed by atoms with E-state index in [1.807, 2.05) is 42.5 Å². The predicted octanol–water partition coefficient (Wildman–Crippen LogP) is 3.22. The quantitative estimate of drug-likeness (QED) is 0.731. The third-order valence-electron chi connectivity index (χ3n) is 3.91. The van der Waals surface area contributed by atoms with Crippen LogP contribution in [0.2, 0.25) is 0 Å². The summed E-state index contributed by atoms with van der Waals surface area (Å²) in [6, 6.07) is 17.9. The van der Waals surface area contributed by atoms with Crippen LogP contribution in [0.1, 0.15) is 5.56 Å². The number of aromatic nitrogens is 1. The first-order valence-electron chi connectivity index (χ1n) is 6.81. The number of nitrogens with one attached hydrogen (secondary N) is 1. The van der Waals surface area contributed by atoms with Crippen molar-refractivity contribution in [3.8, 4) is 0 Å². The van der Waals surface area contributed by atoms with Crippen molar-refractivity contribution < 1.29 is 0 Å². The molecule has 0 aliphatic carbocycles. The standard InChI is InChI=1S/C17H14N2O/c20-16-13-8-4-5-9-15(13)18-17-14(16)10-11-19(17)12-6-2-1-3-7-12/h1-9H,10-11H2,(H,18,20). The minimum Gasteiger partial charge on any atom is -0.341 e. The molecule has 1 aromatic heterocycles. The fraction of sp³-hybridized carbons (Fsp3) is 0.118. The molecule has 2 heterocycles. The summed E-state index contributed by atoms with van der Waals surface area (Å²) in [5.41, 5.74) is 3.08. The lowest BCUT2D eigenvalue weighted by Gasteiger charge is -2.19. The minimum absolute atomic E-state index is 0.160. The Morgan fingerprint density at radius 1 is 0.950 bits per heavy atom. The Balaban J connectivity index is 1.96. The molecule has 3 aromatic rings. The van der Waals surface area contributed by atoms with E-state index < -0.39 is 0 Å². The lowest BCUT2D eigenvalue weighted by Crippen LogP contribution is -2.15. The summed E-state index contributed by atoms with van der Waals surface area (Å²) in [5, 5.41) is 0.779. The van der Waals surface area contributed by atoms with Crippen molar-refractivity contribution in [1.82, 2.24) is 4.98 Å². The summed E-state index contributed by atoms with van der Waals surface area (Å²) in [6.45, 7) is 0.849. The van der Waals surface area contributed by atoms with E-state index in [-0.39, 0.29) is 5.43 Å². The molecule has 3 nitrogen and oxygen atoms in total. The minimum atomic E-state index is 0.160. The summed E-state index contributed by atoms with van der Waals surface area (Å²) in [6.07, 6.45) is 0.796. The highest BCUT2D eigenvalue weighted by molar-refractivity contribution is 5.83. The van der Waals surface area contributed by atoms with E-state index >= 15 is 0 Å². The number of aromatic amines is 1. The summed E-state index contributed by atoms with van der Waals surface area (Å²) >= 11 is 0. The first kappa shape index (κ1) is 11.3. The Morgan fingerprint density at radius 2 is 1.70 bits per heavy atom. The molecule has 0 amide bonds. The maximum Gasteiger partial charge on any atom is 0.194 e. The Bertz CT molecular complexity index is 836. The van der Waals surface area contributed by atoms with Crippen LogP contribution in [-0.2, 0) is 6.42 Å². The maximum absolute atomic E-state index is 12.6. The van der Waals surface area contributed by atoms with Gasteiger partial charge in [0, 0.05) is 23.2 Å². The molecule has 4 rings (SSSR count). The highest BCUT2D eigenvalue weighted by Gasteiger charge is 2.24. The monoisotopic (exact) mass is 262 g/mol. The predicted molar refractivity (Wildman–Crippen MR) is 81.7 cm³/mol. The van der Waals surface area contributed by atoms with Gasteiger partial charge >= 0.3 is 0 Å². The zero-order valence-electron chi connectivity index (χ0n) is 11.0. The van der Waals surface area contributed by atoms with Crippen LogP contribution >= 0.6 is 0 Å². The molecular weight excluding hydrogens is 248 g/mol. The van der Waals surface area contributed by atoms with Crippen LogP contribution in [0.25, 0.3) is 10.9 Å². The van der Waals surface area contributed by atoms with E-state index in [9.17, 15) is 4.79 Å². The van der Waals surface area contributed by atoms with Gasteiger partial charge in [-0.1, -0.05) is 30.3 Å². The molecule has 1 aliphatic rings. The fourth-order valence-electron chi connectivity index (χ4n) is 2.93. The second kappa shape index (κ2) is 4.23. The van der Waals surface area contributed by atoms with Gasteiger partial charge < -0.3 is 9.88 Å². The Kier molecular flexibility index (Phi) is 2.39. The number of H-pyrrole nitrogens is 1. The molecule has 0 unspecified atom stereocenters. The molecule has 1 N–H and O–H groups in total. The molecule has 0 spiro atoms. The normalized spacial score (nSPS) is 13.7. The van der Waals surface area contributed by atoms with Crippen LogP contribution in [0.15, 0.2) is 59.4 Å². The summed E-state index contributed by atoms with van der Waals surface area (Å²) < 4.78 is 0. The van der Waals surface area contributed by atoms with E-state index in [4.69, 9.17) is 0 Å². The number of fused-ring (bicyclic) bond motifs is 2. The molecule has 3 heteroatoms. The number of para-hydroxylation sites is 2. The van der Waals surface area contributed by atoms with Gasteiger partial charge in [0.25, 0.3) is 0 Å². The first-order valence-corrected chi connectivity index (χ1v) is 6.81. The van der Waals surface area contributed by atoms with Crippen molar-refractivity contribution in [2.75, 3.05) is 11.4 Å². The lowest BCUT2D eigenvalue weighted by atomic mass is 10.1. The van der Waals surface area contributed by atoms with Crippen molar-refractivity contribution in [3.05, 3.63) is 70.4 Å². The number of benzene rings is 2. The average Bonchev–Trinajstić information content (AvgIpc) is 2.92. The van der Waals surface area contributed by atoms with Crippen LogP contribution < -0.4 is 10.3 Å². The molecule has 0 bridgehead atoms. The zero-order valence-corrected chi connectivity index (χ0v) is 11.0. The number of hydrogen-bond donors (Lipinski definition) is 1. The van der Waals surface area contributed by atoms with Crippen LogP contribution in [0.3, 0.4) is 0 Å². The van der Waals surface area contributed by atoms with E-state index in [2.05, 4.69) is 22.0 Å². The van der Waals surface area contributed by atoms with Gasteiger partial charge in [-0.15, -0.1) is 0 Å². The van der Waals surface area contributed by atoms with Crippen LogP contribution in [0.4, 0.5) is 11.5 Å². The molecule has 0 atom stereocenters. The van der Waals surface area contributed by atoms with E-state index in [0.29, 0.717) is 0 Å². The van der Waals surface area contributed by atoms with Crippen LogP contribution in [-0.4, -0.2) is 11.5 Å². The van der Waals surface area contributed by atoms with Gasteiger partial charge in [0.15, 0.2) is 5.43 Å². The van der Waals surface area contributed by atoms with Gasteiger partial charge in [0.1, 0.15) is 5.82 Å². The van der Waals surface area contributed by atoms with E-state index in [0.717, 1.165) is 40.9 Å². The molecule has 1 aliphatic heterocycles. The van der Waals surface area contributed by atoms with E-state index in [1.165, 1.54) is 0 Å². The van der Waals surface area contributed by atoms with Crippen LogP contribution in [0.5, 0.6) is 0 Å². The number of pyridine rings is 1. The Morgan fingerprint density at radius 3 is 2.55 bits per heavy atom. The summed E-state index contributed by atoms with van der Waals surface area (Å²) in [4.78, 5) is 18.2. The Labute approximate surface area is 116 Å². The maximum atomic E-state index is 12.6. The highest BCUT2D eigenvalue weighted by atomic mass is 16.1. The topological polar surface area (TPSA) is 36.1 Å². The molecule has 0 radical (unpaired) electrons. The van der Waals surface area contributed by atoms with Crippen molar-refractivity contribution in [1.29, 1.82) is 0 Å².